The standard InChI is InChI=1S/C16H28N4O2/c1-4-7-17-16(21)19-8-5-6-14(10-19)11-20-13(2)9-18-15(20)12-22-3/h9,14H,4-8,10-12H2,1-3H3,(H,17,21). The molecular weight excluding hydrogens is 280 g/mol. The van der Waals surface area contributed by atoms with Gasteiger partial charge in [-0.2, -0.15) is 0 Å². The molecule has 2 heterocycles. The fraction of sp³-hybridized carbons (Fsp3) is 0.750. The molecule has 1 aliphatic rings. The molecule has 6 heteroatoms. The molecule has 124 valence electrons. The number of carbonyl (C=O) groups is 1. The Hall–Kier alpha value is -1.56. The first-order valence-electron chi connectivity index (χ1n) is 8.18. The van der Waals surface area contributed by atoms with Crippen LogP contribution < -0.4 is 5.32 Å². The highest BCUT2D eigenvalue weighted by atomic mass is 16.5. The first kappa shape index (κ1) is 16.8. The molecule has 1 N–H and O–H groups in total. The number of nitrogens with one attached hydrogen (secondary N) is 1. The molecule has 22 heavy (non-hydrogen) atoms. The summed E-state index contributed by atoms with van der Waals surface area (Å²) in [7, 11) is 1.69. The van der Waals surface area contributed by atoms with Crippen molar-refractivity contribution in [1.29, 1.82) is 0 Å². The molecule has 1 unspecified atom stereocenters. The van der Waals surface area contributed by atoms with Gasteiger partial charge in [0.2, 0.25) is 0 Å². The largest absolute Gasteiger partial charge is 0.377 e. The molecule has 2 amide bonds. The lowest BCUT2D eigenvalue weighted by molar-refractivity contribution is 0.152. The lowest BCUT2D eigenvalue weighted by atomic mass is 9.98. The van der Waals surface area contributed by atoms with Crippen LogP contribution in [-0.2, 0) is 17.9 Å². The number of urea groups is 1. The highest BCUT2D eigenvalue weighted by molar-refractivity contribution is 5.74. The molecule has 0 bridgehead atoms. The number of methoxy groups -OCH3 is 1. The first-order valence-corrected chi connectivity index (χ1v) is 8.18. The van der Waals surface area contributed by atoms with E-state index in [2.05, 4.69) is 28.7 Å². The summed E-state index contributed by atoms with van der Waals surface area (Å²) in [5, 5.41) is 2.97. The minimum Gasteiger partial charge on any atom is -0.377 e. The van der Waals surface area contributed by atoms with E-state index in [-0.39, 0.29) is 6.03 Å². The lowest BCUT2D eigenvalue weighted by Crippen LogP contribution is -2.46. The SMILES string of the molecule is CCCNC(=O)N1CCCC(Cn2c(C)cnc2COC)C1. The summed E-state index contributed by atoms with van der Waals surface area (Å²) in [5.74, 6) is 1.44. The van der Waals surface area contributed by atoms with Gasteiger partial charge in [-0.1, -0.05) is 6.92 Å². The van der Waals surface area contributed by atoms with Crippen molar-refractivity contribution in [2.24, 2.45) is 5.92 Å². The van der Waals surface area contributed by atoms with Crippen LogP contribution in [0, 0.1) is 12.8 Å². The Balaban J connectivity index is 1.95. The molecule has 1 aromatic rings. The Bertz CT molecular complexity index is 486. The maximum Gasteiger partial charge on any atom is 0.317 e. The van der Waals surface area contributed by atoms with E-state index >= 15 is 0 Å². The number of ether oxygens (including phenoxy) is 1. The van der Waals surface area contributed by atoms with Crippen molar-refractivity contribution in [3.63, 3.8) is 0 Å². The molecular formula is C16H28N4O2. The number of amides is 2. The average molecular weight is 308 g/mol. The van der Waals surface area contributed by atoms with Crippen molar-refractivity contribution >= 4 is 6.03 Å². The summed E-state index contributed by atoms with van der Waals surface area (Å²) in [4.78, 5) is 18.5. The van der Waals surface area contributed by atoms with Gasteiger partial charge in [0.15, 0.2) is 0 Å². The maximum absolute atomic E-state index is 12.1. The van der Waals surface area contributed by atoms with E-state index < -0.39 is 0 Å². The van der Waals surface area contributed by atoms with Crippen LogP contribution in [-0.4, -0.2) is 47.2 Å². The zero-order valence-corrected chi connectivity index (χ0v) is 14.0. The number of hydrogen-bond acceptors (Lipinski definition) is 3. The van der Waals surface area contributed by atoms with E-state index in [4.69, 9.17) is 4.74 Å². The van der Waals surface area contributed by atoms with E-state index in [1.807, 2.05) is 11.1 Å². The normalized spacial score (nSPS) is 18.5. The Labute approximate surface area is 132 Å². The van der Waals surface area contributed by atoms with Crippen molar-refractivity contribution in [3.8, 4) is 0 Å². The molecule has 1 aromatic heterocycles. The fourth-order valence-corrected chi connectivity index (χ4v) is 3.01. The van der Waals surface area contributed by atoms with Gasteiger partial charge in [0, 0.05) is 45.2 Å². The van der Waals surface area contributed by atoms with Crippen LogP contribution in [0.15, 0.2) is 6.20 Å². The molecule has 0 saturated carbocycles. The van der Waals surface area contributed by atoms with Crippen molar-refractivity contribution in [3.05, 3.63) is 17.7 Å². The van der Waals surface area contributed by atoms with Crippen LogP contribution in [0.4, 0.5) is 4.79 Å². The molecule has 1 atom stereocenters. The Kier molecular flexibility index (Phi) is 6.24. The average Bonchev–Trinajstić information content (AvgIpc) is 2.86. The second kappa shape index (κ2) is 8.17. The van der Waals surface area contributed by atoms with Crippen molar-refractivity contribution in [2.45, 2.75) is 46.3 Å². The van der Waals surface area contributed by atoms with Gasteiger partial charge in [-0.25, -0.2) is 9.78 Å². The minimum atomic E-state index is 0.0750. The van der Waals surface area contributed by atoms with E-state index in [0.717, 1.165) is 57.0 Å². The summed E-state index contributed by atoms with van der Waals surface area (Å²) in [6, 6.07) is 0.0750. The van der Waals surface area contributed by atoms with Crippen LogP contribution in [0.3, 0.4) is 0 Å². The summed E-state index contributed by atoms with van der Waals surface area (Å²) >= 11 is 0. The third-order valence-electron chi connectivity index (χ3n) is 4.18. The monoisotopic (exact) mass is 308 g/mol. The number of piperidine rings is 1. The van der Waals surface area contributed by atoms with Crippen LogP contribution in [0.2, 0.25) is 0 Å². The van der Waals surface area contributed by atoms with E-state index in [9.17, 15) is 4.79 Å². The van der Waals surface area contributed by atoms with Crippen LogP contribution in [0.1, 0.15) is 37.7 Å². The molecule has 2 rings (SSSR count). The zero-order chi connectivity index (χ0) is 15.9. The minimum absolute atomic E-state index is 0.0750. The Morgan fingerprint density at radius 3 is 3.09 bits per heavy atom. The predicted octanol–water partition coefficient (Wildman–Crippen LogP) is 2.17. The first-order chi connectivity index (χ1) is 10.7. The van der Waals surface area contributed by atoms with Gasteiger partial charge in [-0.15, -0.1) is 0 Å². The van der Waals surface area contributed by atoms with Gasteiger partial charge >= 0.3 is 6.03 Å². The number of nitrogens with zero attached hydrogens (tertiary/aromatic N) is 3. The summed E-state index contributed by atoms with van der Waals surface area (Å²) in [6.07, 6.45) is 5.08. The predicted molar refractivity (Wildman–Crippen MR) is 85.7 cm³/mol. The number of rotatable bonds is 6. The number of imidazole rings is 1. The summed E-state index contributed by atoms with van der Waals surface area (Å²) in [5.41, 5.74) is 1.15. The molecule has 1 saturated heterocycles. The summed E-state index contributed by atoms with van der Waals surface area (Å²) in [6.45, 7) is 8.00. The van der Waals surface area contributed by atoms with Gasteiger partial charge < -0.3 is 19.5 Å². The van der Waals surface area contributed by atoms with Crippen molar-refractivity contribution < 1.29 is 9.53 Å². The van der Waals surface area contributed by atoms with Gasteiger partial charge in [0.1, 0.15) is 12.4 Å². The van der Waals surface area contributed by atoms with E-state index in [1.165, 1.54) is 0 Å². The molecule has 0 spiro atoms. The van der Waals surface area contributed by atoms with Gasteiger partial charge in [-0.3, -0.25) is 0 Å². The molecule has 0 aliphatic carbocycles. The third-order valence-corrected chi connectivity index (χ3v) is 4.18. The highest BCUT2D eigenvalue weighted by Crippen LogP contribution is 2.20. The lowest BCUT2D eigenvalue weighted by Gasteiger charge is -2.33. The van der Waals surface area contributed by atoms with Gasteiger partial charge in [0.25, 0.3) is 0 Å². The van der Waals surface area contributed by atoms with Crippen LogP contribution in [0.5, 0.6) is 0 Å². The molecule has 1 aliphatic heterocycles. The number of carbonyl (C=O) groups excluding carboxylic acids is 1. The molecule has 6 nitrogen and oxygen atoms in total. The molecule has 1 fully saturated rings. The zero-order valence-electron chi connectivity index (χ0n) is 14.0. The Morgan fingerprint density at radius 1 is 1.55 bits per heavy atom. The highest BCUT2D eigenvalue weighted by Gasteiger charge is 2.24. The van der Waals surface area contributed by atoms with Crippen molar-refractivity contribution in [2.75, 3.05) is 26.7 Å². The maximum atomic E-state index is 12.1. The number of likely N-dealkylation sites (tertiary alicyclic amines) is 1. The van der Waals surface area contributed by atoms with Crippen LogP contribution in [0.25, 0.3) is 0 Å². The van der Waals surface area contributed by atoms with E-state index in [0.29, 0.717) is 12.5 Å². The fourth-order valence-electron chi connectivity index (χ4n) is 3.01. The second-order valence-corrected chi connectivity index (χ2v) is 6.05. The Morgan fingerprint density at radius 2 is 2.36 bits per heavy atom. The quantitative estimate of drug-likeness (QED) is 0.876. The smallest absolute Gasteiger partial charge is 0.317 e. The topological polar surface area (TPSA) is 59.4 Å². The van der Waals surface area contributed by atoms with Gasteiger partial charge in [0.05, 0.1) is 0 Å². The van der Waals surface area contributed by atoms with Crippen LogP contribution >= 0.6 is 0 Å². The number of aryl methyl sites for hydroxylation is 1. The van der Waals surface area contributed by atoms with Crippen molar-refractivity contribution in [1.82, 2.24) is 19.8 Å². The second-order valence-electron chi connectivity index (χ2n) is 6.05. The molecule has 0 aromatic carbocycles. The van der Waals surface area contributed by atoms with E-state index in [1.54, 1.807) is 7.11 Å². The third kappa shape index (κ3) is 4.22. The van der Waals surface area contributed by atoms with Gasteiger partial charge in [-0.05, 0) is 32.1 Å². The summed E-state index contributed by atoms with van der Waals surface area (Å²) < 4.78 is 7.44. The number of hydrogen-bond donors (Lipinski definition) is 1. The molecule has 0 radical (unpaired) electrons. The number of aromatic nitrogens is 2.